The summed E-state index contributed by atoms with van der Waals surface area (Å²) in [5.41, 5.74) is 2.67. The van der Waals surface area contributed by atoms with E-state index in [1.165, 1.54) is 30.4 Å². The molecule has 92 valence electrons. The van der Waals surface area contributed by atoms with Gasteiger partial charge in [0.05, 0.1) is 0 Å². The van der Waals surface area contributed by atoms with Crippen LogP contribution in [0.5, 0.6) is 5.75 Å². The van der Waals surface area contributed by atoms with Crippen LogP contribution in [0.2, 0.25) is 0 Å². The van der Waals surface area contributed by atoms with E-state index in [0.29, 0.717) is 6.61 Å². The molecule has 0 radical (unpaired) electrons. The van der Waals surface area contributed by atoms with Gasteiger partial charge in [0.25, 0.3) is 0 Å². The maximum absolute atomic E-state index is 5.78. The average molecular weight is 238 g/mol. The van der Waals surface area contributed by atoms with Gasteiger partial charge in [-0.15, -0.1) is 0 Å². The zero-order chi connectivity index (χ0) is 12.2. The maximum atomic E-state index is 5.78. The van der Waals surface area contributed by atoms with Gasteiger partial charge in [0.1, 0.15) is 12.4 Å². The maximum Gasteiger partial charge on any atom is 0.119 e. The van der Waals surface area contributed by atoms with Crippen molar-refractivity contribution in [3.63, 3.8) is 0 Å². The minimum absolute atomic E-state index is 0.642. The summed E-state index contributed by atoms with van der Waals surface area (Å²) in [4.78, 5) is 0. The van der Waals surface area contributed by atoms with Crippen molar-refractivity contribution in [2.24, 2.45) is 0 Å². The fourth-order valence-corrected chi connectivity index (χ4v) is 2.32. The standard InChI is InChI=1S/C17H18O/c1-2-5-14(6-3-1)13-18-17-11-9-16(10-12-17)15-7-4-8-15/h1-3,5-6,9-12,15H,4,7-8,13H2. The second-order valence-corrected chi connectivity index (χ2v) is 4.97. The number of hydrogen-bond acceptors (Lipinski definition) is 1. The molecule has 1 nitrogen and oxygen atoms in total. The fraction of sp³-hybridized carbons (Fsp3) is 0.294. The van der Waals surface area contributed by atoms with Crippen molar-refractivity contribution < 1.29 is 4.74 Å². The molecule has 1 heteroatoms. The molecular weight excluding hydrogens is 220 g/mol. The minimum Gasteiger partial charge on any atom is -0.489 e. The molecule has 0 saturated heterocycles. The molecule has 0 atom stereocenters. The van der Waals surface area contributed by atoms with E-state index in [0.717, 1.165) is 11.7 Å². The number of ether oxygens (including phenoxy) is 1. The molecule has 2 aromatic rings. The molecule has 1 saturated carbocycles. The SMILES string of the molecule is c1ccc(COc2ccc(C3CCC3)cc2)cc1. The molecule has 0 spiro atoms. The molecule has 18 heavy (non-hydrogen) atoms. The Kier molecular flexibility index (Phi) is 3.31. The number of benzene rings is 2. The van der Waals surface area contributed by atoms with Gasteiger partial charge >= 0.3 is 0 Å². The topological polar surface area (TPSA) is 9.23 Å². The molecule has 1 fully saturated rings. The Hall–Kier alpha value is -1.76. The van der Waals surface area contributed by atoms with Gasteiger partial charge in [0.2, 0.25) is 0 Å². The third-order valence-corrected chi connectivity index (χ3v) is 3.71. The highest BCUT2D eigenvalue weighted by molar-refractivity contribution is 5.30. The molecule has 0 aliphatic heterocycles. The van der Waals surface area contributed by atoms with Crippen LogP contribution < -0.4 is 4.74 Å². The van der Waals surface area contributed by atoms with E-state index in [1.807, 2.05) is 18.2 Å². The van der Waals surface area contributed by atoms with Crippen molar-refractivity contribution in [3.8, 4) is 5.75 Å². The van der Waals surface area contributed by atoms with Crippen LogP contribution >= 0.6 is 0 Å². The Balaban J connectivity index is 1.59. The van der Waals surface area contributed by atoms with Crippen molar-refractivity contribution >= 4 is 0 Å². The van der Waals surface area contributed by atoms with Gasteiger partial charge in [-0.05, 0) is 42.0 Å². The van der Waals surface area contributed by atoms with E-state index < -0.39 is 0 Å². The van der Waals surface area contributed by atoms with Gasteiger partial charge in [-0.25, -0.2) is 0 Å². The molecule has 0 amide bonds. The Morgan fingerprint density at radius 3 is 2.22 bits per heavy atom. The average Bonchev–Trinajstić information content (AvgIpc) is 2.37. The van der Waals surface area contributed by atoms with Crippen LogP contribution in [-0.4, -0.2) is 0 Å². The molecule has 1 aliphatic rings. The third kappa shape index (κ3) is 2.56. The van der Waals surface area contributed by atoms with E-state index in [2.05, 4.69) is 36.4 Å². The van der Waals surface area contributed by atoms with Gasteiger partial charge in [-0.2, -0.15) is 0 Å². The zero-order valence-corrected chi connectivity index (χ0v) is 10.5. The van der Waals surface area contributed by atoms with E-state index in [-0.39, 0.29) is 0 Å². The van der Waals surface area contributed by atoms with Crippen molar-refractivity contribution in [3.05, 3.63) is 65.7 Å². The van der Waals surface area contributed by atoms with E-state index >= 15 is 0 Å². The Morgan fingerprint density at radius 2 is 1.61 bits per heavy atom. The predicted molar refractivity (Wildman–Crippen MR) is 73.8 cm³/mol. The highest BCUT2D eigenvalue weighted by Crippen LogP contribution is 2.36. The van der Waals surface area contributed by atoms with Crippen LogP contribution in [0.3, 0.4) is 0 Å². The van der Waals surface area contributed by atoms with Crippen LogP contribution in [0.4, 0.5) is 0 Å². The zero-order valence-electron chi connectivity index (χ0n) is 10.5. The van der Waals surface area contributed by atoms with Crippen LogP contribution in [0, 0.1) is 0 Å². The summed E-state index contributed by atoms with van der Waals surface area (Å²) in [6.45, 7) is 0.642. The molecule has 0 bridgehead atoms. The van der Waals surface area contributed by atoms with Crippen molar-refractivity contribution in [1.29, 1.82) is 0 Å². The van der Waals surface area contributed by atoms with Gasteiger partial charge in [-0.1, -0.05) is 48.9 Å². The van der Waals surface area contributed by atoms with Gasteiger partial charge in [0.15, 0.2) is 0 Å². The normalized spacial score (nSPS) is 15.1. The minimum atomic E-state index is 0.642. The Bertz CT molecular complexity index is 483. The van der Waals surface area contributed by atoms with Crippen LogP contribution in [0.15, 0.2) is 54.6 Å². The molecule has 0 aromatic heterocycles. The van der Waals surface area contributed by atoms with Crippen LogP contribution in [-0.2, 0) is 6.61 Å². The summed E-state index contributed by atoms with van der Waals surface area (Å²) < 4.78 is 5.78. The molecule has 2 aromatic carbocycles. The summed E-state index contributed by atoms with van der Waals surface area (Å²) in [5, 5.41) is 0. The highest BCUT2D eigenvalue weighted by atomic mass is 16.5. The Labute approximate surface area is 108 Å². The number of hydrogen-bond donors (Lipinski definition) is 0. The van der Waals surface area contributed by atoms with E-state index in [4.69, 9.17) is 4.74 Å². The summed E-state index contributed by atoms with van der Waals surface area (Å²) >= 11 is 0. The molecule has 1 aliphatic carbocycles. The largest absolute Gasteiger partial charge is 0.489 e. The van der Waals surface area contributed by atoms with Crippen molar-refractivity contribution in [2.75, 3.05) is 0 Å². The predicted octanol–water partition coefficient (Wildman–Crippen LogP) is 4.53. The molecular formula is C17H18O. The van der Waals surface area contributed by atoms with E-state index in [1.54, 1.807) is 0 Å². The van der Waals surface area contributed by atoms with Gasteiger partial charge in [-0.3, -0.25) is 0 Å². The second kappa shape index (κ2) is 5.26. The molecule has 0 N–H and O–H groups in total. The summed E-state index contributed by atoms with van der Waals surface area (Å²) in [6, 6.07) is 18.9. The lowest BCUT2D eigenvalue weighted by atomic mass is 9.80. The van der Waals surface area contributed by atoms with Crippen molar-refractivity contribution in [1.82, 2.24) is 0 Å². The molecule has 3 rings (SSSR count). The molecule has 0 unspecified atom stereocenters. The summed E-state index contributed by atoms with van der Waals surface area (Å²) in [6.07, 6.45) is 4.09. The first-order chi connectivity index (χ1) is 8.92. The van der Waals surface area contributed by atoms with Gasteiger partial charge in [0, 0.05) is 0 Å². The van der Waals surface area contributed by atoms with Crippen LogP contribution in [0.1, 0.15) is 36.3 Å². The van der Waals surface area contributed by atoms with Crippen LogP contribution in [0.25, 0.3) is 0 Å². The quantitative estimate of drug-likeness (QED) is 0.760. The summed E-state index contributed by atoms with van der Waals surface area (Å²) in [7, 11) is 0. The first-order valence-corrected chi connectivity index (χ1v) is 6.68. The summed E-state index contributed by atoms with van der Waals surface area (Å²) in [5.74, 6) is 1.76. The first kappa shape index (κ1) is 11.3. The lowest BCUT2D eigenvalue weighted by molar-refractivity contribution is 0.306. The fourth-order valence-electron chi connectivity index (χ4n) is 2.32. The monoisotopic (exact) mass is 238 g/mol. The lowest BCUT2D eigenvalue weighted by Gasteiger charge is -2.25. The first-order valence-electron chi connectivity index (χ1n) is 6.68. The van der Waals surface area contributed by atoms with E-state index in [9.17, 15) is 0 Å². The second-order valence-electron chi connectivity index (χ2n) is 4.97. The molecule has 0 heterocycles. The van der Waals surface area contributed by atoms with Gasteiger partial charge < -0.3 is 4.74 Å². The smallest absolute Gasteiger partial charge is 0.119 e. The highest BCUT2D eigenvalue weighted by Gasteiger charge is 2.18. The van der Waals surface area contributed by atoms with Crippen molar-refractivity contribution in [2.45, 2.75) is 31.8 Å². The third-order valence-electron chi connectivity index (χ3n) is 3.71. The number of rotatable bonds is 4. The Morgan fingerprint density at radius 1 is 0.889 bits per heavy atom. The lowest BCUT2D eigenvalue weighted by Crippen LogP contribution is -2.08.